The molecule has 0 bridgehead atoms. The molecular weight excluding hydrogens is 348 g/mol. The summed E-state index contributed by atoms with van der Waals surface area (Å²) in [6, 6.07) is 8.46. The highest BCUT2D eigenvalue weighted by Crippen LogP contribution is 2.32. The van der Waals surface area contributed by atoms with Crippen molar-refractivity contribution in [1.82, 2.24) is 4.98 Å². The van der Waals surface area contributed by atoms with Crippen molar-refractivity contribution < 1.29 is 8.42 Å². The number of rotatable bonds is 3. The number of nitrogens with two attached hydrogens (primary N) is 1. The first kappa shape index (κ1) is 14.4. The van der Waals surface area contributed by atoms with Gasteiger partial charge in [0, 0.05) is 27.5 Å². The third kappa shape index (κ3) is 3.71. The van der Waals surface area contributed by atoms with Crippen molar-refractivity contribution in [2.24, 2.45) is 0 Å². The number of sulfone groups is 1. The molecule has 4 nitrogen and oxygen atoms in total. The van der Waals surface area contributed by atoms with E-state index in [0.29, 0.717) is 5.69 Å². The molecule has 0 unspecified atom stereocenters. The fourth-order valence-electron chi connectivity index (χ4n) is 1.39. The van der Waals surface area contributed by atoms with Crippen LogP contribution in [0.5, 0.6) is 0 Å². The molecule has 0 amide bonds. The van der Waals surface area contributed by atoms with Gasteiger partial charge < -0.3 is 5.73 Å². The Labute approximate surface area is 124 Å². The fraction of sp³-hybridized carbons (Fsp3) is 0.0833. The normalized spacial score (nSPS) is 11.5. The van der Waals surface area contributed by atoms with Gasteiger partial charge in [0.05, 0.1) is 4.90 Å². The Morgan fingerprint density at radius 3 is 2.53 bits per heavy atom. The largest absolute Gasteiger partial charge is 0.398 e. The summed E-state index contributed by atoms with van der Waals surface area (Å²) in [5.74, 6) is 0. The maximum Gasteiger partial charge on any atom is 0.175 e. The van der Waals surface area contributed by atoms with Crippen LogP contribution < -0.4 is 5.73 Å². The van der Waals surface area contributed by atoms with Crippen LogP contribution in [0, 0.1) is 0 Å². The zero-order valence-electron chi connectivity index (χ0n) is 10.00. The quantitative estimate of drug-likeness (QED) is 0.853. The lowest BCUT2D eigenvalue weighted by Gasteiger charge is -2.06. The molecule has 100 valence electrons. The summed E-state index contributed by atoms with van der Waals surface area (Å²) < 4.78 is 23.7. The zero-order chi connectivity index (χ0) is 14.0. The Balaban J connectivity index is 2.29. The second-order valence-corrected chi connectivity index (χ2v) is 7.88. The van der Waals surface area contributed by atoms with E-state index in [-0.39, 0.29) is 4.90 Å². The van der Waals surface area contributed by atoms with Crippen molar-refractivity contribution in [3.8, 4) is 0 Å². The number of pyridine rings is 1. The molecule has 1 heterocycles. The molecule has 0 atom stereocenters. The minimum absolute atomic E-state index is 0.220. The van der Waals surface area contributed by atoms with Crippen LogP contribution in [-0.2, 0) is 9.84 Å². The summed E-state index contributed by atoms with van der Waals surface area (Å²) in [6.45, 7) is 0. The Morgan fingerprint density at radius 1 is 1.26 bits per heavy atom. The monoisotopic (exact) mass is 358 g/mol. The van der Waals surface area contributed by atoms with Crippen LogP contribution in [0.2, 0.25) is 0 Å². The maximum atomic E-state index is 11.4. The molecule has 0 spiro atoms. The number of hydrogen-bond acceptors (Lipinski definition) is 5. The molecule has 0 aliphatic rings. The number of nitrogen functional groups attached to an aromatic ring is 1. The molecule has 19 heavy (non-hydrogen) atoms. The molecule has 1 aromatic heterocycles. The van der Waals surface area contributed by atoms with Crippen molar-refractivity contribution in [3.63, 3.8) is 0 Å². The summed E-state index contributed by atoms with van der Waals surface area (Å²) in [6.07, 6.45) is 2.86. The highest BCUT2D eigenvalue weighted by Gasteiger charge is 2.10. The summed E-state index contributed by atoms with van der Waals surface area (Å²) in [7, 11) is -3.23. The number of aromatic nitrogens is 1. The van der Waals surface area contributed by atoms with Crippen LogP contribution >= 0.6 is 27.7 Å². The van der Waals surface area contributed by atoms with Crippen LogP contribution in [0.3, 0.4) is 0 Å². The zero-order valence-corrected chi connectivity index (χ0v) is 13.2. The third-order valence-corrected chi connectivity index (χ3v) is 4.95. The Bertz CT molecular complexity index is 700. The van der Waals surface area contributed by atoms with E-state index in [4.69, 9.17) is 5.73 Å². The van der Waals surface area contributed by atoms with Gasteiger partial charge in [0.2, 0.25) is 0 Å². The van der Waals surface area contributed by atoms with E-state index >= 15 is 0 Å². The first-order chi connectivity index (χ1) is 8.86. The van der Waals surface area contributed by atoms with Gasteiger partial charge in [-0.1, -0.05) is 11.8 Å². The average molecular weight is 359 g/mol. The van der Waals surface area contributed by atoms with Crippen LogP contribution in [-0.4, -0.2) is 19.7 Å². The van der Waals surface area contributed by atoms with E-state index < -0.39 is 9.84 Å². The predicted octanol–water partition coefficient (Wildman–Crippen LogP) is 2.98. The fourth-order valence-corrected chi connectivity index (χ4v) is 3.06. The maximum absolute atomic E-state index is 11.4. The highest BCUT2D eigenvalue weighted by molar-refractivity contribution is 9.10. The van der Waals surface area contributed by atoms with Crippen molar-refractivity contribution in [3.05, 3.63) is 41.0 Å². The number of nitrogens with zero attached hydrogens (tertiary/aromatic N) is 1. The van der Waals surface area contributed by atoms with Crippen molar-refractivity contribution in [1.29, 1.82) is 0 Å². The molecule has 0 fully saturated rings. The van der Waals surface area contributed by atoms with Crippen molar-refractivity contribution in [2.45, 2.75) is 14.8 Å². The Morgan fingerprint density at radius 2 is 2.00 bits per heavy atom. The van der Waals surface area contributed by atoms with E-state index in [9.17, 15) is 8.42 Å². The number of halogens is 1. The van der Waals surface area contributed by atoms with Gasteiger partial charge in [0.15, 0.2) is 9.84 Å². The summed E-state index contributed by atoms with van der Waals surface area (Å²) >= 11 is 4.70. The van der Waals surface area contributed by atoms with Gasteiger partial charge in [0.1, 0.15) is 5.03 Å². The van der Waals surface area contributed by atoms with E-state index in [0.717, 1.165) is 20.6 Å². The van der Waals surface area contributed by atoms with Gasteiger partial charge in [-0.3, -0.25) is 0 Å². The molecule has 2 N–H and O–H groups in total. The summed E-state index contributed by atoms with van der Waals surface area (Å²) in [5.41, 5.74) is 6.30. The lowest BCUT2D eigenvalue weighted by Crippen LogP contribution is -1.99. The van der Waals surface area contributed by atoms with E-state index in [1.54, 1.807) is 18.3 Å². The van der Waals surface area contributed by atoms with Crippen molar-refractivity contribution >= 4 is 43.2 Å². The van der Waals surface area contributed by atoms with E-state index in [2.05, 4.69) is 20.9 Å². The molecule has 2 rings (SSSR count). The molecule has 7 heteroatoms. The smallest absolute Gasteiger partial charge is 0.175 e. The topological polar surface area (TPSA) is 73.0 Å². The second kappa shape index (κ2) is 5.52. The van der Waals surface area contributed by atoms with Crippen LogP contribution in [0.15, 0.2) is 55.8 Å². The second-order valence-electron chi connectivity index (χ2n) is 3.89. The number of benzene rings is 1. The highest BCUT2D eigenvalue weighted by atomic mass is 79.9. The standard InChI is InChI=1S/C12H11BrN2O2S2/c1-19(16,17)9-3-4-11(10(14)6-9)18-12-5-2-8(13)7-15-12/h2-7H,14H2,1H3. The molecule has 0 aliphatic heterocycles. The molecule has 0 aliphatic carbocycles. The number of anilines is 1. The van der Waals surface area contributed by atoms with E-state index in [1.165, 1.54) is 17.8 Å². The minimum atomic E-state index is -3.23. The lowest BCUT2D eigenvalue weighted by atomic mass is 10.3. The van der Waals surface area contributed by atoms with Crippen molar-refractivity contribution in [2.75, 3.05) is 12.0 Å². The summed E-state index contributed by atoms with van der Waals surface area (Å²) in [5, 5.41) is 0.794. The SMILES string of the molecule is CS(=O)(=O)c1ccc(Sc2ccc(Br)cn2)c(N)c1. The first-order valence-corrected chi connectivity index (χ1v) is 8.75. The molecule has 0 saturated heterocycles. The van der Waals surface area contributed by atoms with Gasteiger partial charge in [-0.25, -0.2) is 13.4 Å². The van der Waals surface area contributed by atoms with Gasteiger partial charge in [-0.15, -0.1) is 0 Å². The Hall–Kier alpha value is -1.05. The van der Waals surface area contributed by atoms with Gasteiger partial charge >= 0.3 is 0 Å². The van der Waals surface area contributed by atoms with E-state index in [1.807, 2.05) is 12.1 Å². The predicted molar refractivity (Wildman–Crippen MR) is 80.0 cm³/mol. The Kier molecular flexibility index (Phi) is 4.17. The third-order valence-electron chi connectivity index (χ3n) is 2.32. The van der Waals surface area contributed by atoms with Gasteiger partial charge in [-0.05, 0) is 46.3 Å². The molecular formula is C12H11BrN2O2S2. The van der Waals surface area contributed by atoms with Crippen LogP contribution in [0.4, 0.5) is 5.69 Å². The molecule has 0 radical (unpaired) electrons. The molecule has 0 saturated carbocycles. The van der Waals surface area contributed by atoms with Crippen LogP contribution in [0.1, 0.15) is 0 Å². The summed E-state index contributed by atoms with van der Waals surface area (Å²) in [4.78, 5) is 5.23. The lowest BCUT2D eigenvalue weighted by molar-refractivity contribution is 0.602. The average Bonchev–Trinajstić information content (AvgIpc) is 2.33. The van der Waals surface area contributed by atoms with Gasteiger partial charge in [-0.2, -0.15) is 0 Å². The van der Waals surface area contributed by atoms with Crippen LogP contribution in [0.25, 0.3) is 0 Å². The number of hydrogen-bond donors (Lipinski definition) is 1. The van der Waals surface area contributed by atoms with Gasteiger partial charge in [0.25, 0.3) is 0 Å². The minimum Gasteiger partial charge on any atom is -0.398 e. The molecule has 2 aromatic rings. The first-order valence-electron chi connectivity index (χ1n) is 5.25. The molecule has 1 aromatic carbocycles.